The largest absolute Gasteiger partial charge is 0.550 e. The number of carbonyl (C=O) groups is 3. The Balaban J connectivity index is 0. The second-order valence-corrected chi connectivity index (χ2v) is 12.7. The number of hydrogen-bond acceptors (Lipinski definition) is 4. The number of carbonyl (C=O) groups excluding carboxylic acids is 3. The predicted octanol–water partition coefficient (Wildman–Crippen LogP) is 8.18. The highest BCUT2D eigenvalue weighted by Gasteiger charge is 2.13. The molecule has 0 heterocycles. The molecule has 0 aliphatic rings. The van der Waals surface area contributed by atoms with Gasteiger partial charge in [0.2, 0.25) is 0 Å². The summed E-state index contributed by atoms with van der Waals surface area (Å²) in [5, 5.41) is 10.6. The van der Waals surface area contributed by atoms with E-state index in [4.69, 9.17) is 0 Å². The van der Waals surface area contributed by atoms with Gasteiger partial charge in [-0.25, -0.2) is 14.9 Å². The van der Waals surface area contributed by atoms with E-state index in [1.807, 2.05) is 0 Å². The van der Waals surface area contributed by atoms with Crippen molar-refractivity contribution in [2.45, 2.75) is 195 Å². The topological polar surface area (TPSA) is 90.9 Å². The number of carboxylic acids is 1. The molecular formula is C34H67NO4. The van der Waals surface area contributed by atoms with Gasteiger partial charge in [-0.1, -0.05) is 157 Å². The highest BCUT2D eigenvalue weighted by atomic mass is 16.4. The fourth-order valence-corrected chi connectivity index (χ4v) is 4.66. The van der Waals surface area contributed by atoms with E-state index < -0.39 is 5.97 Å². The Bertz CT molecular complexity index is 568. The molecule has 0 bridgehead atoms. The fourth-order valence-electron chi connectivity index (χ4n) is 4.66. The predicted molar refractivity (Wildman–Crippen MR) is 163 cm³/mol. The Labute approximate surface area is 243 Å². The van der Waals surface area contributed by atoms with Gasteiger partial charge in [-0.2, -0.15) is 0 Å². The number of amides is 2. The second kappa shape index (κ2) is 29.7. The van der Waals surface area contributed by atoms with Crippen LogP contribution in [0.2, 0.25) is 0 Å². The summed E-state index contributed by atoms with van der Waals surface area (Å²) < 4.78 is 0. The molecule has 0 unspecified atom stereocenters. The lowest BCUT2D eigenvalue weighted by Gasteiger charge is -2.17. The Morgan fingerprint density at radius 2 is 0.795 bits per heavy atom. The monoisotopic (exact) mass is 554 g/mol. The first kappa shape index (κ1) is 39.9. The van der Waals surface area contributed by atoms with E-state index in [9.17, 15) is 19.5 Å². The lowest BCUT2D eigenvalue weighted by molar-refractivity contribution is -0.488. The Hall–Kier alpha value is -1.23. The average molecular weight is 554 g/mol. The number of nitrogens with two attached hydrogens (primary N) is 1. The zero-order valence-electron chi connectivity index (χ0n) is 26.9. The molecule has 0 saturated heterocycles. The summed E-state index contributed by atoms with van der Waals surface area (Å²) in [4.78, 5) is 33.2. The van der Waals surface area contributed by atoms with Crippen LogP contribution in [0.5, 0.6) is 0 Å². The van der Waals surface area contributed by atoms with Gasteiger partial charge in [0.15, 0.2) is 0 Å². The van der Waals surface area contributed by atoms with Crippen molar-refractivity contribution in [3.05, 3.63) is 0 Å². The van der Waals surface area contributed by atoms with Crippen molar-refractivity contribution in [3.63, 3.8) is 0 Å². The third-order valence-corrected chi connectivity index (χ3v) is 7.24. The molecule has 0 rings (SSSR count). The number of carboxylic acid groups (broad SMARTS) is 1. The molecule has 0 aliphatic heterocycles. The molecule has 2 amide bonds. The molecule has 232 valence electrons. The average Bonchev–Trinajstić information content (AvgIpc) is 2.87. The van der Waals surface area contributed by atoms with Crippen LogP contribution in [0.3, 0.4) is 0 Å². The summed E-state index contributed by atoms with van der Waals surface area (Å²) in [5.41, 5.74) is 0.485. The van der Waals surface area contributed by atoms with Gasteiger partial charge >= 0.3 is 11.8 Å². The van der Waals surface area contributed by atoms with Crippen LogP contribution < -0.4 is 10.4 Å². The van der Waals surface area contributed by atoms with E-state index >= 15 is 0 Å². The number of imide groups is 1. The fraction of sp³-hybridized carbons (Fsp3) is 0.912. The van der Waals surface area contributed by atoms with Crippen LogP contribution in [0.1, 0.15) is 195 Å². The SMILES string of the molecule is CCC(=O)[O-].CCCCCCCCCCCCCC(=O)[NH2+]C(=O)CCCCCCCCCCCCC(C)(C)C. The highest BCUT2D eigenvalue weighted by Crippen LogP contribution is 2.22. The number of quaternary nitrogens is 1. The van der Waals surface area contributed by atoms with Crippen molar-refractivity contribution >= 4 is 17.8 Å². The number of primary amides is 2. The van der Waals surface area contributed by atoms with Gasteiger partial charge in [-0.3, -0.25) is 0 Å². The summed E-state index contributed by atoms with van der Waals surface area (Å²) in [7, 11) is 0. The molecule has 0 atom stereocenters. The lowest BCUT2D eigenvalue weighted by atomic mass is 9.89. The summed E-state index contributed by atoms with van der Waals surface area (Å²) in [6.07, 6.45) is 29.5. The van der Waals surface area contributed by atoms with Gasteiger partial charge in [0.1, 0.15) is 0 Å². The van der Waals surface area contributed by atoms with E-state index in [-0.39, 0.29) is 18.2 Å². The third-order valence-electron chi connectivity index (χ3n) is 7.24. The molecule has 0 radical (unpaired) electrons. The molecule has 0 spiro atoms. The molecular weight excluding hydrogens is 486 g/mol. The highest BCUT2D eigenvalue weighted by molar-refractivity contribution is 5.78. The number of unbranched alkanes of at least 4 members (excludes halogenated alkanes) is 19. The van der Waals surface area contributed by atoms with E-state index in [1.165, 1.54) is 128 Å². The minimum absolute atomic E-state index is 0.0447. The van der Waals surface area contributed by atoms with Gasteiger partial charge in [-0.05, 0) is 31.1 Å². The van der Waals surface area contributed by atoms with Crippen LogP contribution in [0, 0.1) is 5.41 Å². The lowest BCUT2D eigenvalue weighted by Crippen LogP contribution is -2.91. The molecule has 0 fully saturated rings. The van der Waals surface area contributed by atoms with Crippen molar-refractivity contribution < 1.29 is 24.8 Å². The minimum Gasteiger partial charge on any atom is -0.550 e. The van der Waals surface area contributed by atoms with Gasteiger partial charge in [-0.15, -0.1) is 0 Å². The second-order valence-electron chi connectivity index (χ2n) is 12.7. The molecule has 0 saturated carbocycles. The molecule has 2 N–H and O–H groups in total. The van der Waals surface area contributed by atoms with Crippen molar-refractivity contribution in [2.75, 3.05) is 0 Å². The maximum atomic E-state index is 12.0. The molecule has 0 aromatic heterocycles. The summed E-state index contributed by atoms with van der Waals surface area (Å²) in [6.45, 7) is 10.8. The maximum absolute atomic E-state index is 12.0. The van der Waals surface area contributed by atoms with Gasteiger partial charge in [0.25, 0.3) is 0 Å². The molecule has 0 aliphatic carbocycles. The first-order valence-electron chi connectivity index (χ1n) is 16.7. The van der Waals surface area contributed by atoms with Crippen LogP contribution in [-0.4, -0.2) is 17.8 Å². The normalized spacial score (nSPS) is 11.2. The van der Waals surface area contributed by atoms with E-state index in [0.29, 0.717) is 18.3 Å². The van der Waals surface area contributed by atoms with Gasteiger partial charge < -0.3 is 9.90 Å². The zero-order valence-corrected chi connectivity index (χ0v) is 26.9. The number of hydrogen-bond donors (Lipinski definition) is 1. The summed E-state index contributed by atoms with van der Waals surface area (Å²) >= 11 is 0. The smallest absolute Gasteiger partial charge is 0.317 e. The summed E-state index contributed by atoms with van der Waals surface area (Å²) in [6, 6.07) is 0. The van der Waals surface area contributed by atoms with Crippen molar-refractivity contribution in [3.8, 4) is 0 Å². The van der Waals surface area contributed by atoms with Crippen LogP contribution in [0.4, 0.5) is 0 Å². The summed E-state index contributed by atoms with van der Waals surface area (Å²) in [5.74, 6) is -0.906. The quantitative estimate of drug-likeness (QED) is 0.115. The van der Waals surface area contributed by atoms with Crippen LogP contribution in [-0.2, 0) is 14.4 Å². The van der Waals surface area contributed by atoms with Crippen molar-refractivity contribution in [1.29, 1.82) is 0 Å². The maximum Gasteiger partial charge on any atom is 0.317 e. The van der Waals surface area contributed by atoms with Crippen molar-refractivity contribution in [1.82, 2.24) is 0 Å². The number of rotatable bonds is 25. The number of aliphatic carboxylic acids is 1. The molecule has 0 aromatic carbocycles. The first-order valence-corrected chi connectivity index (χ1v) is 16.7. The van der Waals surface area contributed by atoms with E-state index in [0.717, 1.165) is 25.7 Å². The van der Waals surface area contributed by atoms with Gasteiger partial charge in [0, 0.05) is 5.97 Å². The molecule has 0 aromatic rings. The molecule has 5 nitrogen and oxygen atoms in total. The van der Waals surface area contributed by atoms with Crippen molar-refractivity contribution in [2.24, 2.45) is 5.41 Å². The minimum atomic E-state index is -0.995. The Kier molecular flexibility index (Phi) is 30.4. The van der Waals surface area contributed by atoms with E-state index in [2.05, 4.69) is 27.7 Å². The zero-order chi connectivity index (χ0) is 29.6. The molecule has 5 heteroatoms. The Morgan fingerprint density at radius 3 is 1.08 bits per heavy atom. The third kappa shape index (κ3) is 39.0. The Morgan fingerprint density at radius 1 is 0.513 bits per heavy atom. The van der Waals surface area contributed by atoms with Crippen LogP contribution >= 0.6 is 0 Å². The van der Waals surface area contributed by atoms with E-state index in [1.54, 1.807) is 0 Å². The molecule has 39 heavy (non-hydrogen) atoms. The van der Waals surface area contributed by atoms with Gasteiger partial charge in [0.05, 0.1) is 12.8 Å². The standard InChI is InChI=1S/C31H61NO2.C3H6O2/c1-5-6-7-8-9-10-11-14-17-20-23-26-29(33)32-30(34)27-24-21-18-15-12-13-16-19-22-25-28-31(2,3)4;1-2-3(4)5/h5-28H2,1-4H3,(H,32,33,34);2H2,1H3,(H,4,5). The van der Waals surface area contributed by atoms with Crippen LogP contribution in [0.15, 0.2) is 0 Å². The van der Waals surface area contributed by atoms with Crippen LogP contribution in [0.25, 0.3) is 0 Å². The first-order chi connectivity index (χ1) is 18.6.